The first-order valence-electron chi connectivity index (χ1n) is 7.71. The molecule has 1 heterocycles. The van der Waals surface area contributed by atoms with Gasteiger partial charge in [-0.1, -0.05) is 42.5 Å². The number of benzene rings is 2. The predicted molar refractivity (Wildman–Crippen MR) is 113 cm³/mol. The van der Waals surface area contributed by atoms with E-state index in [0.29, 0.717) is 16.5 Å². The number of rotatable bonds is 5. The van der Waals surface area contributed by atoms with E-state index in [2.05, 4.69) is 17.2 Å². The zero-order valence-corrected chi connectivity index (χ0v) is 16.0. The monoisotopic (exact) mass is 402 g/mol. The summed E-state index contributed by atoms with van der Waals surface area (Å²) in [7, 11) is 0. The van der Waals surface area contributed by atoms with Crippen LogP contribution in [0.2, 0.25) is 5.02 Å². The van der Waals surface area contributed by atoms with Crippen molar-refractivity contribution in [3.63, 3.8) is 0 Å². The molecule has 0 saturated carbocycles. The zero-order valence-electron chi connectivity index (χ0n) is 13.6. The van der Waals surface area contributed by atoms with Crippen LogP contribution in [0.3, 0.4) is 0 Å². The fourth-order valence-corrected chi connectivity index (χ4v) is 3.89. The minimum absolute atomic E-state index is 0.197. The van der Waals surface area contributed by atoms with Gasteiger partial charge in [0.1, 0.15) is 17.2 Å². The summed E-state index contributed by atoms with van der Waals surface area (Å²) >= 11 is 12.9. The summed E-state index contributed by atoms with van der Waals surface area (Å²) in [4.78, 5) is 12.9. The van der Waals surface area contributed by atoms with Crippen LogP contribution in [0.5, 0.6) is 5.75 Å². The molecule has 132 valence electrons. The average molecular weight is 403 g/mol. The van der Waals surface area contributed by atoms with Gasteiger partial charge in [-0.15, -0.1) is 11.3 Å². The third-order valence-electron chi connectivity index (χ3n) is 3.45. The van der Waals surface area contributed by atoms with E-state index in [0.717, 1.165) is 21.5 Å². The lowest BCUT2D eigenvalue weighted by Crippen LogP contribution is -2.33. The highest BCUT2D eigenvalue weighted by molar-refractivity contribution is 7.80. The van der Waals surface area contributed by atoms with Crippen molar-refractivity contribution in [3.05, 3.63) is 71.1 Å². The van der Waals surface area contributed by atoms with Crippen LogP contribution in [0.4, 0.5) is 5.69 Å². The van der Waals surface area contributed by atoms with Gasteiger partial charge >= 0.3 is 0 Å². The Morgan fingerprint density at radius 2 is 1.96 bits per heavy atom. The van der Waals surface area contributed by atoms with Crippen molar-refractivity contribution in [2.24, 2.45) is 0 Å². The summed E-state index contributed by atoms with van der Waals surface area (Å²) in [5.74, 6) is 0.391. The summed E-state index contributed by atoms with van der Waals surface area (Å²) in [6.45, 7) is 4.04. The molecular formula is C19H15ClN2O2S2. The maximum atomic E-state index is 12.5. The van der Waals surface area contributed by atoms with E-state index < -0.39 is 0 Å². The molecule has 0 bridgehead atoms. The number of thiophene rings is 1. The van der Waals surface area contributed by atoms with Gasteiger partial charge in [-0.05, 0) is 42.5 Å². The molecule has 1 aromatic heterocycles. The number of ether oxygens (including phenoxy) is 1. The molecule has 2 N–H and O–H groups in total. The number of nitrogens with one attached hydrogen (secondary N) is 2. The molecule has 0 spiro atoms. The number of amides is 1. The Morgan fingerprint density at radius 3 is 2.65 bits per heavy atom. The second kappa shape index (κ2) is 8.31. The second-order valence-electron chi connectivity index (χ2n) is 5.27. The van der Waals surface area contributed by atoms with Gasteiger partial charge in [-0.2, -0.15) is 0 Å². The van der Waals surface area contributed by atoms with Crippen LogP contribution in [0, 0.1) is 0 Å². The first-order valence-corrected chi connectivity index (χ1v) is 9.32. The van der Waals surface area contributed by atoms with Gasteiger partial charge in [0.15, 0.2) is 5.11 Å². The molecular weight excluding hydrogens is 388 g/mol. The van der Waals surface area contributed by atoms with Gasteiger partial charge in [0.05, 0.1) is 5.02 Å². The number of anilines is 1. The van der Waals surface area contributed by atoms with Crippen LogP contribution in [0.15, 0.2) is 61.2 Å². The van der Waals surface area contributed by atoms with Gasteiger partial charge in [0.2, 0.25) is 0 Å². The Hall–Kier alpha value is -2.41. The largest absolute Gasteiger partial charge is 0.490 e. The van der Waals surface area contributed by atoms with Gasteiger partial charge in [-0.25, -0.2) is 0 Å². The van der Waals surface area contributed by atoms with Gasteiger partial charge < -0.3 is 10.1 Å². The second-order valence-corrected chi connectivity index (χ2v) is 7.11. The third-order valence-corrected chi connectivity index (χ3v) is 5.33. The smallest absolute Gasteiger partial charge is 0.269 e. The topological polar surface area (TPSA) is 50.4 Å². The molecule has 0 fully saturated rings. The number of carbonyl (C=O) groups excluding carboxylic acids is 1. The summed E-state index contributed by atoms with van der Waals surface area (Å²) in [5.41, 5.74) is 0.740. The van der Waals surface area contributed by atoms with Crippen molar-refractivity contribution in [1.29, 1.82) is 0 Å². The molecule has 7 heteroatoms. The lowest BCUT2D eigenvalue weighted by molar-refractivity contribution is 0.0982. The van der Waals surface area contributed by atoms with Crippen molar-refractivity contribution >= 4 is 61.9 Å². The van der Waals surface area contributed by atoms with E-state index in [4.69, 9.17) is 28.6 Å². The fraction of sp³-hybridized carbons (Fsp3) is 0.0526. The number of hydrogen-bond acceptors (Lipinski definition) is 4. The Morgan fingerprint density at radius 1 is 1.23 bits per heavy atom. The maximum absolute atomic E-state index is 12.5. The minimum atomic E-state index is -0.334. The first kappa shape index (κ1) is 18.4. The standard InChI is InChI=1S/C19H15ClN2O2S2/c1-2-11-24-13-9-7-12(8-10-13)21-19(25)22-18(23)17-16(20)14-5-3-4-6-15(14)26-17/h2-10H,1,11H2,(H2,21,22,23,25). The van der Waals surface area contributed by atoms with E-state index in [9.17, 15) is 4.79 Å². The number of hydrogen-bond donors (Lipinski definition) is 2. The highest BCUT2D eigenvalue weighted by Crippen LogP contribution is 2.34. The summed E-state index contributed by atoms with van der Waals surface area (Å²) < 4.78 is 6.37. The van der Waals surface area contributed by atoms with Crippen LogP contribution in [-0.4, -0.2) is 17.6 Å². The highest BCUT2D eigenvalue weighted by Gasteiger charge is 2.17. The van der Waals surface area contributed by atoms with Crippen LogP contribution in [-0.2, 0) is 0 Å². The quantitative estimate of drug-likeness (QED) is 0.452. The molecule has 4 nitrogen and oxygen atoms in total. The number of thiocarbonyl (C=S) groups is 1. The molecule has 0 aliphatic carbocycles. The van der Waals surface area contributed by atoms with Crippen LogP contribution < -0.4 is 15.4 Å². The van der Waals surface area contributed by atoms with E-state index >= 15 is 0 Å². The van der Waals surface area contributed by atoms with E-state index in [-0.39, 0.29) is 11.0 Å². The molecule has 3 aromatic rings. The van der Waals surface area contributed by atoms with E-state index in [1.54, 1.807) is 18.2 Å². The molecule has 26 heavy (non-hydrogen) atoms. The van der Waals surface area contributed by atoms with Gasteiger partial charge in [0.25, 0.3) is 5.91 Å². The van der Waals surface area contributed by atoms with Gasteiger partial charge in [-0.3, -0.25) is 10.1 Å². The molecule has 0 saturated heterocycles. The molecule has 3 rings (SSSR count). The predicted octanol–water partition coefficient (Wildman–Crippen LogP) is 5.25. The van der Waals surface area contributed by atoms with Crippen molar-refractivity contribution in [2.75, 3.05) is 11.9 Å². The number of halogens is 1. The summed E-state index contributed by atoms with van der Waals surface area (Å²) in [6.07, 6.45) is 1.68. The van der Waals surface area contributed by atoms with E-state index in [1.807, 2.05) is 36.4 Å². The molecule has 0 aliphatic heterocycles. The zero-order chi connectivity index (χ0) is 18.5. The molecule has 0 atom stereocenters. The molecule has 1 amide bonds. The molecule has 0 aliphatic rings. The Bertz CT molecular complexity index is 967. The first-order chi connectivity index (χ1) is 12.6. The van der Waals surface area contributed by atoms with Crippen molar-refractivity contribution < 1.29 is 9.53 Å². The summed E-state index contributed by atoms with van der Waals surface area (Å²) in [6, 6.07) is 14.8. The van der Waals surface area contributed by atoms with Crippen molar-refractivity contribution in [3.8, 4) is 5.75 Å². The number of fused-ring (bicyclic) bond motifs is 1. The van der Waals surface area contributed by atoms with Crippen molar-refractivity contribution in [1.82, 2.24) is 5.32 Å². The highest BCUT2D eigenvalue weighted by atomic mass is 35.5. The van der Waals surface area contributed by atoms with Crippen LogP contribution in [0.1, 0.15) is 9.67 Å². The van der Waals surface area contributed by atoms with Gasteiger partial charge in [0, 0.05) is 15.8 Å². The Kier molecular flexibility index (Phi) is 5.88. The van der Waals surface area contributed by atoms with Crippen molar-refractivity contribution in [2.45, 2.75) is 0 Å². The fourth-order valence-electron chi connectivity index (χ4n) is 2.27. The molecule has 0 unspecified atom stereocenters. The Labute approximate surface area is 165 Å². The third kappa shape index (κ3) is 4.22. The maximum Gasteiger partial charge on any atom is 0.269 e. The lowest BCUT2D eigenvalue weighted by Gasteiger charge is -2.10. The molecule has 2 aromatic carbocycles. The Balaban J connectivity index is 1.64. The average Bonchev–Trinajstić information content (AvgIpc) is 2.98. The minimum Gasteiger partial charge on any atom is -0.490 e. The van der Waals surface area contributed by atoms with E-state index in [1.165, 1.54) is 11.3 Å². The number of carbonyl (C=O) groups is 1. The molecule has 0 radical (unpaired) electrons. The van der Waals surface area contributed by atoms with Crippen LogP contribution in [0.25, 0.3) is 10.1 Å². The normalized spacial score (nSPS) is 10.3. The van der Waals surface area contributed by atoms with Crippen LogP contribution >= 0.6 is 35.2 Å². The SMILES string of the molecule is C=CCOc1ccc(NC(=S)NC(=O)c2sc3ccccc3c2Cl)cc1. The summed E-state index contributed by atoms with van der Waals surface area (Å²) in [5, 5.41) is 7.12. The lowest BCUT2D eigenvalue weighted by atomic mass is 10.2.